The van der Waals surface area contributed by atoms with Crippen LogP contribution >= 0.6 is 11.6 Å². The molecule has 1 aliphatic heterocycles. The largest absolute Gasteiger partial charge is 0.341 e. The minimum absolute atomic E-state index is 0.0183. The highest BCUT2D eigenvalue weighted by Gasteiger charge is 2.30. The van der Waals surface area contributed by atoms with E-state index in [-0.39, 0.29) is 17.7 Å². The Morgan fingerprint density at radius 2 is 1.71 bits per heavy atom. The lowest BCUT2D eigenvalue weighted by atomic mass is 10.0. The normalized spacial score (nSPS) is 16.1. The summed E-state index contributed by atoms with van der Waals surface area (Å²) in [6, 6.07) is 6.18. The maximum atomic E-state index is 12.5. The van der Waals surface area contributed by atoms with Gasteiger partial charge in [-0.25, -0.2) is 0 Å². The molecule has 2 amide bonds. The van der Waals surface area contributed by atoms with E-state index >= 15 is 0 Å². The fourth-order valence-corrected chi connectivity index (χ4v) is 2.60. The quantitative estimate of drug-likeness (QED) is 0.930. The van der Waals surface area contributed by atoms with Gasteiger partial charge in [0.2, 0.25) is 5.91 Å². The van der Waals surface area contributed by atoms with Crippen LogP contribution in [0, 0.1) is 5.92 Å². The van der Waals surface area contributed by atoms with Crippen LogP contribution in [-0.4, -0.2) is 35.8 Å². The van der Waals surface area contributed by atoms with Gasteiger partial charge >= 0.3 is 0 Å². The van der Waals surface area contributed by atoms with Crippen LogP contribution in [0.1, 0.15) is 37.0 Å². The third-order valence-corrected chi connectivity index (χ3v) is 4.00. The lowest BCUT2D eigenvalue weighted by molar-refractivity contribution is -0.133. The van der Waals surface area contributed by atoms with E-state index in [1.807, 2.05) is 18.7 Å². The Labute approximate surface area is 130 Å². The number of rotatable bonds is 4. The first-order valence-corrected chi connectivity index (χ1v) is 7.72. The van der Waals surface area contributed by atoms with Crippen molar-refractivity contribution in [3.8, 4) is 0 Å². The van der Waals surface area contributed by atoms with Gasteiger partial charge in [0.15, 0.2) is 0 Å². The summed E-state index contributed by atoms with van der Waals surface area (Å²) in [6.07, 6.45) is 2.09. The van der Waals surface area contributed by atoms with Crippen LogP contribution in [0.3, 0.4) is 0 Å². The van der Waals surface area contributed by atoms with E-state index in [0.717, 1.165) is 25.9 Å². The summed E-state index contributed by atoms with van der Waals surface area (Å²) in [5, 5.41) is 3.44. The van der Waals surface area contributed by atoms with Crippen LogP contribution in [-0.2, 0) is 4.79 Å². The van der Waals surface area contributed by atoms with Crippen molar-refractivity contribution in [2.75, 3.05) is 13.1 Å². The predicted molar refractivity (Wildman–Crippen MR) is 83.4 cm³/mol. The molecule has 0 saturated carbocycles. The van der Waals surface area contributed by atoms with Crippen molar-refractivity contribution in [3.63, 3.8) is 0 Å². The van der Waals surface area contributed by atoms with Crippen molar-refractivity contribution >= 4 is 23.4 Å². The van der Waals surface area contributed by atoms with Crippen LogP contribution in [0.15, 0.2) is 24.3 Å². The third kappa shape index (κ3) is 3.97. The molecule has 114 valence electrons. The molecule has 0 aliphatic carbocycles. The van der Waals surface area contributed by atoms with Gasteiger partial charge in [-0.1, -0.05) is 25.4 Å². The smallest absolute Gasteiger partial charge is 0.251 e. The monoisotopic (exact) mass is 308 g/mol. The average Bonchev–Trinajstić information content (AvgIpc) is 2.98. The Bertz CT molecular complexity index is 508. The molecule has 1 aromatic rings. The first-order valence-electron chi connectivity index (χ1n) is 7.34. The van der Waals surface area contributed by atoms with Crippen molar-refractivity contribution in [1.82, 2.24) is 10.2 Å². The second-order valence-corrected chi connectivity index (χ2v) is 6.17. The van der Waals surface area contributed by atoms with Gasteiger partial charge < -0.3 is 10.2 Å². The number of hydrogen-bond donors (Lipinski definition) is 1. The van der Waals surface area contributed by atoms with Crippen LogP contribution in [0.25, 0.3) is 0 Å². The highest BCUT2D eigenvalue weighted by molar-refractivity contribution is 6.30. The molecule has 0 bridgehead atoms. The maximum Gasteiger partial charge on any atom is 0.251 e. The predicted octanol–water partition coefficient (Wildman–Crippen LogP) is 2.72. The number of likely N-dealkylation sites (tertiary alicyclic amines) is 1. The van der Waals surface area contributed by atoms with Crippen LogP contribution in [0.5, 0.6) is 0 Å². The number of nitrogens with one attached hydrogen (secondary N) is 1. The first kappa shape index (κ1) is 15.8. The Balaban J connectivity index is 2.06. The summed E-state index contributed by atoms with van der Waals surface area (Å²) in [4.78, 5) is 26.6. The minimum atomic E-state index is -0.480. The van der Waals surface area contributed by atoms with Crippen molar-refractivity contribution in [3.05, 3.63) is 34.9 Å². The molecule has 0 aromatic heterocycles. The second kappa shape index (κ2) is 6.94. The highest BCUT2D eigenvalue weighted by atomic mass is 35.5. The SMILES string of the molecule is CC(C)[C@H](NC(=O)c1ccc(Cl)cc1)C(=O)N1CCCC1. The van der Waals surface area contributed by atoms with E-state index in [1.165, 1.54) is 0 Å². The van der Waals surface area contributed by atoms with Crippen LogP contribution in [0.4, 0.5) is 0 Å². The second-order valence-electron chi connectivity index (χ2n) is 5.73. The average molecular weight is 309 g/mol. The zero-order chi connectivity index (χ0) is 15.4. The Morgan fingerprint density at radius 3 is 2.24 bits per heavy atom. The van der Waals surface area contributed by atoms with Gasteiger partial charge in [0, 0.05) is 23.7 Å². The standard InChI is InChI=1S/C16H21ClN2O2/c1-11(2)14(16(21)19-9-3-4-10-19)18-15(20)12-5-7-13(17)8-6-12/h5-8,11,14H,3-4,9-10H2,1-2H3,(H,18,20)/t14-/m0/s1. The third-order valence-electron chi connectivity index (χ3n) is 3.74. The van der Waals surface area contributed by atoms with E-state index in [2.05, 4.69) is 5.32 Å². The fourth-order valence-electron chi connectivity index (χ4n) is 2.47. The topological polar surface area (TPSA) is 49.4 Å². The number of nitrogens with zero attached hydrogens (tertiary/aromatic N) is 1. The molecule has 1 saturated heterocycles. The van der Waals surface area contributed by atoms with Gasteiger partial charge in [0.25, 0.3) is 5.91 Å². The summed E-state index contributed by atoms with van der Waals surface area (Å²) in [5.41, 5.74) is 0.513. The van der Waals surface area contributed by atoms with Gasteiger partial charge in [-0.3, -0.25) is 9.59 Å². The van der Waals surface area contributed by atoms with E-state index in [4.69, 9.17) is 11.6 Å². The number of carbonyl (C=O) groups excluding carboxylic acids is 2. The number of carbonyl (C=O) groups is 2. The summed E-state index contributed by atoms with van der Waals surface area (Å²) in [5.74, 6) is -0.169. The molecule has 0 unspecified atom stereocenters. The van der Waals surface area contributed by atoms with Crippen LogP contribution in [0.2, 0.25) is 5.02 Å². The summed E-state index contributed by atoms with van der Waals surface area (Å²) in [7, 11) is 0. The maximum absolute atomic E-state index is 12.5. The molecule has 1 aliphatic rings. The molecule has 21 heavy (non-hydrogen) atoms. The first-order chi connectivity index (χ1) is 9.99. The summed E-state index contributed by atoms with van der Waals surface area (Å²) < 4.78 is 0. The van der Waals surface area contributed by atoms with E-state index in [1.54, 1.807) is 24.3 Å². The Kier molecular flexibility index (Phi) is 5.23. The Hall–Kier alpha value is -1.55. The van der Waals surface area contributed by atoms with Crippen molar-refractivity contribution < 1.29 is 9.59 Å². The van der Waals surface area contributed by atoms with Gasteiger partial charge in [-0.2, -0.15) is 0 Å². The zero-order valence-corrected chi connectivity index (χ0v) is 13.2. The van der Waals surface area contributed by atoms with Gasteiger partial charge in [-0.15, -0.1) is 0 Å². The zero-order valence-electron chi connectivity index (χ0n) is 12.4. The minimum Gasteiger partial charge on any atom is -0.341 e. The molecular formula is C16H21ClN2O2. The lowest BCUT2D eigenvalue weighted by Crippen LogP contribution is -2.50. The van der Waals surface area contributed by atoms with Crippen LogP contribution < -0.4 is 5.32 Å². The highest BCUT2D eigenvalue weighted by Crippen LogP contribution is 2.14. The van der Waals surface area contributed by atoms with Gasteiger partial charge in [0.05, 0.1) is 0 Å². The molecule has 0 radical (unpaired) electrons. The fraction of sp³-hybridized carbons (Fsp3) is 0.500. The molecular weight excluding hydrogens is 288 g/mol. The molecule has 1 N–H and O–H groups in total. The number of halogens is 1. The summed E-state index contributed by atoms with van der Waals surface area (Å²) in [6.45, 7) is 5.47. The molecule has 2 rings (SSSR count). The molecule has 0 spiro atoms. The molecule has 1 aromatic carbocycles. The lowest BCUT2D eigenvalue weighted by Gasteiger charge is -2.26. The Morgan fingerprint density at radius 1 is 1.14 bits per heavy atom. The number of amides is 2. The molecule has 1 fully saturated rings. The van der Waals surface area contributed by atoms with Crippen molar-refractivity contribution in [1.29, 1.82) is 0 Å². The molecule has 5 heteroatoms. The molecule has 1 heterocycles. The van der Waals surface area contributed by atoms with Crippen molar-refractivity contribution in [2.24, 2.45) is 5.92 Å². The van der Waals surface area contributed by atoms with Crippen molar-refractivity contribution in [2.45, 2.75) is 32.7 Å². The van der Waals surface area contributed by atoms with Gasteiger partial charge in [0.1, 0.15) is 6.04 Å². The van der Waals surface area contributed by atoms with Gasteiger partial charge in [-0.05, 0) is 43.0 Å². The number of hydrogen-bond acceptors (Lipinski definition) is 2. The molecule has 1 atom stereocenters. The van der Waals surface area contributed by atoms with E-state index in [0.29, 0.717) is 10.6 Å². The summed E-state index contributed by atoms with van der Waals surface area (Å²) >= 11 is 5.82. The molecule has 4 nitrogen and oxygen atoms in total. The van der Waals surface area contributed by atoms with E-state index < -0.39 is 6.04 Å². The number of benzene rings is 1. The van der Waals surface area contributed by atoms with E-state index in [9.17, 15) is 9.59 Å².